The number of aliphatic hydroxyl groups is 1. The van der Waals surface area contributed by atoms with Crippen molar-refractivity contribution in [2.24, 2.45) is 5.92 Å². The summed E-state index contributed by atoms with van der Waals surface area (Å²) < 4.78 is 6.52. The zero-order valence-electron chi connectivity index (χ0n) is 21.2. The Bertz CT molecular complexity index is 1080. The van der Waals surface area contributed by atoms with Crippen LogP contribution in [-0.2, 0) is 4.74 Å². The van der Waals surface area contributed by atoms with Crippen molar-refractivity contribution in [3.63, 3.8) is 0 Å². The summed E-state index contributed by atoms with van der Waals surface area (Å²) in [5.41, 5.74) is 1.95. The highest BCUT2D eigenvalue weighted by Crippen LogP contribution is 2.36. The van der Waals surface area contributed by atoms with Crippen LogP contribution >= 0.6 is 11.3 Å². The van der Waals surface area contributed by atoms with E-state index in [1.165, 1.54) is 0 Å². The van der Waals surface area contributed by atoms with Crippen LogP contribution in [0.15, 0.2) is 18.5 Å². The molecular formula is C25H37N7O2S. The molecule has 0 radical (unpaired) electrons. The first-order chi connectivity index (χ1) is 16.8. The third-order valence-electron chi connectivity index (χ3n) is 6.59. The zero-order chi connectivity index (χ0) is 24.8. The van der Waals surface area contributed by atoms with Gasteiger partial charge in [-0.25, -0.2) is 9.97 Å². The second kappa shape index (κ2) is 11.6. The summed E-state index contributed by atoms with van der Waals surface area (Å²) in [5, 5.41) is 18.3. The van der Waals surface area contributed by atoms with Crippen LogP contribution < -0.4 is 10.6 Å². The second-order valence-corrected chi connectivity index (χ2v) is 10.6. The quantitative estimate of drug-likeness (QED) is 0.363. The van der Waals surface area contributed by atoms with Crippen LogP contribution in [-0.4, -0.2) is 81.5 Å². The molecule has 0 saturated carbocycles. The van der Waals surface area contributed by atoms with E-state index in [1.54, 1.807) is 23.7 Å². The van der Waals surface area contributed by atoms with E-state index in [-0.39, 0.29) is 5.92 Å². The van der Waals surface area contributed by atoms with Crippen molar-refractivity contribution in [2.75, 3.05) is 56.6 Å². The van der Waals surface area contributed by atoms with Gasteiger partial charge in [-0.15, -0.1) is 11.3 Å². The molecule has 0 aromatic carbocycles. The number of rotatable bonds is 11. The van der Waals surface area contributed by atoms with E-state index in [2.05, 4.69) is 27.4 Å². The lowest BCUT2D eigenvalue weighted by atomic mass is 9.86. The average Bonchev–Trinajstić information content (AvgIpc) is 3.25. The SMILES string of the molecule is CCC(CCNc1nc(NCCN2CCOCC2)nc(C)c1-c1nc2cnccc2s1)C(C)(C)O. The van der Waals surface area contributed by atoms with Gasteiger partial charge in [0.2, 0.25) is 5.95 Å². The molecule has 0 amide bonds. The van der Waals surface area contributed by atoms with E-state index >= 15 is 0 Å². The lowest BCUT2D eigenvalue weighted by molar-refractivity contribution is 0.0130. The summed E-state index contributed by atoms with van der Waals surface area (Å²) >= 11 is 1.62. The monoisotopic (exact) mass is 499 g/mol. The molecular weight excluding hydrogens is 462 g/mol. The Morgan fingerprint density at radius 3 is 2.69 bits per heavy atom. The number of ether oxygens (including phenoxy) is 1. The van der Waals surface area contributed by atoms with Gasteiger partial charge in [-0.05, 0) is 39.2 Å². The molecule has 3 N–H and O–H groups in total. The fourth-order valence-corrected chi connectivity index (χ4v) is 5.53. The standard InChI is InChI=1S/C25H37N7O2S/c1-5-18(25(3,4)33)6-9-27-22-21(23-30-19-16-26-8-7-20(19)35-23)17(2)29-24(31-22)28-10-11-32-12-14-34-15-13-32/h7-8,16,18,33H,5-6,9-15H2,1-4H3,(H2,27,28,29,31). The summed E-state index contributed by atoms with van der Waals surface area (Å²) in [5.74, 6) is 1.57. The normalized spacial score (nSPS) is 15.9. The lowest BCUT2D eigenvalue weighted by Gasteiger charge is -2.28. The van der Waals surface area contributed by atoms with Crippen LogP contribution in [0.5, 0.6) is 0 Å². The molecule has 1 atom stereocenters. The number of thiazole rings is 1. The lowest BCUT2D eigenvalue weighted by Crippen LogP contribution is -2.39. The Labute approximate surface area is 211 Å². The van der Waals surface area contributed by atoms with Gasteiger partial charge in [-0.1, -0.05) is 13.3 Å². The minimum Gasteiger partial charge on any atom is -0.390 e. The molecule has 35 heavy (non-hydrogen) atoms. The number of aryl methyl sites for hydroxylation is 1. The predicted molar refractivity (Wildman–Crippen MR) is 142 cm³/mol. The minimum atomic E-state index is -0.715. The molecule has 0 spiro atoms. The summed E-state index contributed by atoms with van der Waals surface area (Å²) in [4.78, 5) is 21.0. The molecule has 4 rings (SSSR count). The number of nitrogens with one attached hydrogen (secondary N) is 2. The molecule has 10 heteroatoms. The highest BCUT2D eigenvalue weighted by atomic mass is 32.1. The third-order valence-corrected chi connectivity index (χ3v) is 7.64. The van der Waals surface area contributed by atoms with E-state index in [0.717, 1.165) is 84.5 Å². The number of morpholine rings is 1. The molecule has 4 heterocycles. The molecule has 1 aliphatic heterocycles. The largest absolute Gasteiger partial charge is 0.390 e. The topological polar surface area (TPSA) is 108 Å². The van der Waals surface area contributed by atoms with Gasteiger partial charge in [0.25, 0.3) is 0 Å². The van der Waals surface area contributed by atoms with Crippen LogP contribution in [0.1, 0.15) is 39.3 Å². The van der Waals surface area contributed by atoms with Gasteiger partial charge in [0, 0.05) is 38.9 Å². The number of nitrogens with zero attached hydrogens (tertiary/aromatic N) is 5. The van der Waals surface area contributed by atoms with Gasteiger partial charge in [0.05, 0.1) is 41.0 Å². The van der Waals surface area contributed by atoms with Crippen LogP contribution in [0.2, 0.25) is 0 Å². The van der Waals surface area contributed by atoms with Gasteiger partial charge in [0.1, 0.15) is 16.3 Å². The second-order valence-electron chi connectivity index (χ2n) is 9.57. The van der Waals surface area contributed by atoms with Gasteiger partial charge >= 0.3 is 0 Å². The molecule has 3 aromatic rings. The first kappa shape index (κ1) is 25.7. The molecule has 0 aliphatic carbocycles. The van der Waals surface area contributed by atoms with Crippen LogP contribution in [0.3, 0.4) is 0 Å². The number of anilines is 2. The Kier molecular flexibility index (Phi) is 8.48. The van der Waals surface area contributed by atoms with Crippen molar-refractivity contribution >= 4 is 33.3 Å². The fourth-order valence-electron chi connectivity index (χ4n) is 4.50. The van der Waals surface area contributed by atoms with Crippen LogP contribution in [0, 0.1) is 12.8 Å². The van der Waals surface area contributed by atoms with Gasteiger partial charge in [-0.3, -0.25) is 9.88 Å². The summed E-state index contributed by atoms with van der Waals surface area (Å²) in [6.45, 7) is 13.8. The number of hydrogen-bond donors (Lipinski definition) is 3. The van der Waals surface area contributed by atoms with Crippen LogP contribution in [0.25, 0.3) is 20.8 Å². The van der Waals surface area contributed by atoms with E-state index < -0.39 is 5.60 Å². The molecule has 190 valence electrons. The maximum atomic E-state index is 10.5. The van der Waals surface area contributed by atoms with Crippen LogP contribution in [0.4, 0.5) is 11.8 Å². The van der Waals surface area contributed by atoms with E-state index in [1.807, 2.05) is 26.8 Å². The Hall–Kier alpha value is -2.40. The first-order valence-corrected chi connectivity index (χ1v) is 13.3. The van der Waals surface area contributed by atoms with E-state index in [0.29, 0.717) is 12.5 Å². The minimum absolute atomic E-state index is 0.195. The summed E-state index contributed by atoms with van der Waals surface area (Å²) in [6.07, 6.45) is 5.33. The predicted octanol–water partition coefficient (Wildman–Crippen LogP) is 3.80. The molecule has 3 aromatic heterocycles. The Balaban J connectivity index is 1.55. The molecule has 1 fully saturated rings. The van der Waals surface area contributed by atoms with Crippen molar-refractivity contribution in [1.82, 2.24) is 24.8 Å². The molecule has 1 unspecified atom stereocenters. The maximum Gasteiger partial charge on any atom is 0.224 e. The van der Waals surface area contributed by atoms with Crippen molar-refractivity contribution in [3.8, 4) is 10.6 Å². The molecule has 1 aliphatic rings. The van der Waals surface area contributed by atoms with E-state index in [4.69, 9.17) is 19.7 Å². The van der Waals surface area contributed by atoms with Crippen molar-refractivity contribution in [1.29, 1.82) is 0 Å². The first-order valence-electron chi connectivity index (χ1n) is 12.4. The number of aromatic nitrogens is 4. The number of pyridine rings is 1. The molecule has 1 saturated heterocycles. The van der Waals surface area contributed by atoms with E-state index in [9.17, 15) is 5.11 Å². The highest BCUT2D eigenvalue weighted by Gasteiger charge is 2.25. The number of fused-ring (bicyclic) bond motifs is 1. The van der Waals surface area contributed by atoms with Gasteiger partial charge in [-0.2, -0.15) is 4.98 Å². The van der Waals surface area contributed by atoms with Crippen molar-refractivity contribution < 1.29 is 9.84 Å². The zero-order valence-corrected chi connectivity index (χ0v) is 22.0. The van der Waals surface area contributed by atoms with Crippen molar-refractivity contribution in [2.45, 2.75) is 46.1 Å². The Morgan fingerprint density at radius 2 is 1.97 bits per heavy atom. The molecule has 0 bridgehead atoms. The molecule has 9 nitrogen and oxygen atoms in total. The summed E-state index contributed by atoms with van der Waals surface area (Å²) in [6, 6.07) is 1.98. The Morgan fingerprint density at radius 1 is 1.17 bits per heavy atom. The summed E-state index contributed by atoms with van der Waals surface area (Å²) in [7, 11) is 0. The fraction of sp³-hybridized carbons (Fsp3) is 0.600. The van der Waals surface area contributed by atoms with Gasteiger partial charge < -0.3 is 20.5 Å². The maximum absolute atomic E-state index is 10.5. The third kappa shape index (κ3) is 6.63. The number of hydrogen-bond acceptors (Lipinski definition) is 10. The smallest absolute Gasteiger partial charge is 0.224 e. The average molecular weight is 500 g/mol. The van der Waals surface area contributed by atoms with Gasteiger partial charge in [0.15, 0.2) is 0 Å². The van der Waals surface area contributed by atoms with Crippen molar-refractivity contribution in [3.05, 3.63) is 24.2 Å². The highest BCUT2D eigenvalue weighted by molar-refractivity contribution is 7.21.